The molecule has 0 radical (unpaired) electrons. The molecule has 1 heterocycles. The van der Waals surface area contributed by atoms with Gasteiger partial charge in [0.25, 0.3) is 5.91 Å². The zero-order chi connectivity index (χ0) is 17.3. The van der Waals surface area contributed by atoms with Gasteiger partial charge in [0.1, 0.15) is 11.9 Å². The van der Waals surface area contributed by atoms with Crippen molar-refractivity contribution in [2.45, 2.75) is 38.6 Å². The number of hydrogen-bond donors (Lipinski definition) is 2. The first-order valence-electron chi connectivity index (χ1n) is 7.87. The van der Waals surface area contributed by atoms with Crippen molar-refractivity contribution in [3.8, 4) is 5.69 Å². The van der Waals surface area contributed by atoms with Crippen molar-refractivity contribution >= 4 is 11.9 Å². The Balaban J connectivity index is 2.02. The molecule has 0 bridgehead atoms. The van der Waals surface area contributed by atoms with Gasteiger partial charge in [0.05, 0.1) is 5.69 Å². The summed E-state index contributed by atoms with van der Waals surface area (Å²) >= 11 is 0. The van der Waals surface area contributed by atoms with E-state index in [1.165, 1.54) is 19.1 Å². The molecule has 0 saturated heterocycles. The van der Waals surface area contributed by atoms with E-state index < -0.39 is 17.9 Å². The smallest absolute Gasteiger partial charge is 0.325 e. The number of aliphatic carboxylic acids is 1. The molecule has 0 aliphatic heterocycles. The molecule has 1 amide bonds. The van der Waals surface area contributed by atoms with Crippen LogP contribution in [0.1, 0.15) is 41.5 Å². The molecule has 1 aliphatic carbocycles. The summed E-state index contributed by atoms with van der Waals surface area (Å²) in [5.74, 6) is -2.00. The van der Waals surface area contributed by atoms with Gasteiger partial charge in [-0.05, 0) is 50.8 Å². The van der Waals surface area contributed by atoms with Crippen molar-refractivity contribution in [2.75, 3.05) is 0 Å². The van der Waals surface area contributed by atoms with Crippen molar-refractivity contribution in [3.05, 3.63) is 47.0 Å². The summed E-state index contributed by atoms with van der Waals surface area (Å²) in [4.78, 5) is 23.4. The number of halogens is 1. The molecule has 1 atom stereocenters. The van der Waals surface area contributed by atoms with Gasteiger partial charge < -0.3 is 10.4 Å². The van der Waals surface area contributed by atoms with E-state index in [1.807, 2.05) is 0 Å². The Morgan fingerprint density at radius 3 is 2.79 bits per heavy atom. The quantitative estimate of drug-likeness (QED) is 0.898. The predicted molar refractivity (Wildman–Crippen MR) is 84.7 cm³/mol. The topological polar surface area (TPSA) is 84.2 Å². The van der Waals surface area contributed by atoms with E-state index >= 15 is 0 Å². The number of fused-ring (bicyclic) bond motifs is 1. The lowest BCUT2D eigenvalue weighted by molar-refractivity contribution is -0.138. The Morgan fingerprint density at radius 1 is 1.33 bits per heavy atom. The molecule has 1 aromatic carbocycles. The van der Waals surface area contributed by atoms with Crippen molar-refractivity contribution in [3.63, 3.8) is 0 Å². The highest BCUT2D eigenvalue weighted by molar-refractivity contribution is 5.96. The molecular formula is C17H18FN3O3. The average Bonchev–Trinajstić information content (AvgIpc) is 2.94. The third-order valence-corrected chi connectivity index (χ3v) is 4.17. The standard InChI is InChI=1S/C17H18FN3O3/c1-10(17(23)24)19-16(22)15-13-7-2-3-8-14(13)21(20-15)12-6-4-5-11(18)9-12/h4-6,9-10H,2-3,7-8H2,1H3,(H,19,22)(H,23,24). The van der Waals surface area contributed by atoms with Crippen LogP contribution in [-0.4, -0.2) is 32.8 Å². The number of carbonyl (C=O) groups is 2. The summed E-state index contributed by atoms with van der Waals surface area (Å²) < 4.78 is 15.1. The highest BCUT2D eigenvalue weighted by Gasteiger charge is 2.27. The Hall–Kier alpha value is -2.70. The minimum atomic E-state index is -1.11. The third-order valence-electron chi connectivity index (χ3n) is 4.17. The van der Waals surface area contributed by atoms with Crippen LogP contribution in [0.4, 0.5) is 4.39 Å². The van der Waals surface area contributed by atoms with Crippen LogP contribution in [0.3, 0.4) is 0 Å². The van der Waals surface area contributed by atoms with Crippen molar-refractivity contribution in [1.29, 1.82) is 0 Å². The summed E-state index contributed by atoms with van der Waals surface area (Å²) in [5.41, 5.74) is 2.49. The van der Waals surface area contributed by atoms with Gasteiger partial charge in [-0.3, -0.25) is 9.59 Å². The van der Waals surface area contributed by atoms with Gasteiger partial charge in [0.15, 0.2) is 5.69 Å². The van der Waals surface area contributed by atoms with Crippen LogP contribution in [0, 0.1) is 5.82 Å². The molecule has 3 rings (SSSR count). The molecule has 0 fully saturated rings. The van der Waals surface area contributed by atoms with Gasteiger partial charge in [0.2, 0.25) is 0 Å². The Kier molecular flexibility index (Phi) is 4.33. The monoisotopic (exact) mass is 331 g/mol. The van der Waals surface area contributed by atoms with Crippen LogP contribution in [0.15, 0.2) is 24.3 Å². The highest BCUT2D eigenvalue weighted by atomic mass is 19.1. The van der Waals surface area contributed by atoms with Crippen LogP contribution in [0.25, 0.3) is 5.69 Å². The largest absolute Gasteiger partial charge is 0.480 e. The molecule has 24 heavy (non-hydrogen) atoms. The number of hydrogen-bond acceptors (Lipinski definition) is 3. The number of rotatable bonds is 4. The Morgan fingerprint density at radius 2 is 2.08 bits per heavy atom. The zero-order valence-corrected chi connectivity index (χ0v) is 13.3. The number of aromatic nitrogens is 2. The fourth-order valence-electron chi connectivity index (χ4n) is 2.93. The first kappa shape index (κ1) is 16.2. The van der Waals surface area contributed by atoms with Gasteiger partial charge in [-0.15, -0.1) is 0 Å². The van der Waals surface area contributed by atoms with Crippen LogP contribution < -0.4 is 5.32 Å². The second-order valence-corrected chi connectivity index (χ2v) is 5.91. The molecule has 0 saturated carbocycles. The zero-order valence-electron chi connectivity index (χ0n) is 13.3. The normalized spacial score (nSPS) is 14.8. The molecule has 1 aromatic heterocycles. The number of benzene rings is 1. The molecule has 2 N–H and O–H groups in total. The number of carboxylic acids is 1. The lowest BCUT2D eigenvalue weighted by atomic mass is 9.95. The van der Waals surface area contributed by atoms with Crippen LogP contribution in [0.2, 0.25) is 0 Å². The number of nitrogens with zero attached hydrogens (tertiary/aromatic N) is 2. The van der Waals surface area contributed by atoms with E-state index in [0.29, 0.717) is 12.1 Å². The number of amides is 1. The van der Waals surface area contributed by atoms with Crippen LogP contribution >= 0.6 is 0 Å². The maximum absolute atomic E-state index is 13.5. The van der Waals surface area contributed by atoms with Gasteiger partial charge in [-0.2, -0.15) is 5.10 Å². The van der Waals surface area contributed by atoms with Gasteiger partial charge in [-0.1, -0.05) is 6.07 Å². The molecular weight excluding hydrogens is 313 g/mol. The highest BCUT2D eigenvalue weighted by Crippen LogP contribution is 2.27. The van der Waals surface area contributed by atoms with E-state index in [1.54, 1.807) is 16.8 Å². The molecule has 7 heteroatoms. The van der Waals surface area contributed by atoms with E-state index in [-0.39, 0.29) is 11.5 Å². The number of nitrogens with one attached hydrogen (secondary N) is 1. The van der Waals surface area contributed by atoms with Crippen molar-refractivity contribution in [1.82, 2.24) is 15.1 Å². The van der Waals surface area contributed by atoms with Gasteiger partial charge in [0, 0.05) is 11.3 Å². The molecule has 2 aromatic rings. The van der Waals surface area contributed by atoms with E-state index in [2.05, 4.69) is 10.4 Å². The van der Waals surface area contributed by atoms with E-state index in [9.17, 15) is 14.0 Å². The molecule has 126 valence electrons. The second-order valence-electron chi connectivity index (χ2n) is 5.91. The summed E-state index contributed by atoms with van der Waals surface area (Å²) in [6, 6.07) is 5.03. The molecule has 0 spiro atoms. The molecule has 6 nitrogen and oxygen atoms in total. The lowest BCUT2D eigenvalue weighted by Gasteiger charge is -2.14. The number of carboxylic acid groups (broad SMARTS) is 1. The minimum Gasteiger partial charge on any atom is -0.480 e. The summed E-state index contributed by atoms with van der Waals surface area (Å²) in [6.45, 7) is 1.40. The maximum atomic E-state index is 13.5. The lowest BCUT2D eigenvalue weighted by Crippen LogP contribution is -2.39. The summed E-state index contributed by atoms with van der Waals surface area (Å²) in [5, 5.41) is 15.7. The average molecular weight is 331 g/mol. The molecule has 1 aliphatic rings. The summed E-state index contributed by atoms with van der Waals surface area (Å²) in [6.07, 6.45) is 3.37. The second kappa shape index (κ2) is 6.43. The Bertz CT molecular complexity index is 800. The third kappa shape index (κ3) is 3.02. The first-order chi connectivity index (χ1) is 11.5. The summed E-state index contributed by atoms with van der Waals surface area (Å²) in [7, 11) is 0. The predicted octanol–water partition coefficient (Wildman–Crippen LogP) is 2.09. The van der Waals surface area contributed by atoms with Gasteiger partial charge >= 0.3 is 5.97 Å². The van der Waals surface area contributed by atoms with Gasteiger partial charge in [-0.25, -0.2) is 9.07 Å². The fourth-order valence-corrected chi connectivity index (χ4v) is 2.93. The minimum absolute atomic E-state index is 0.224. The SMILES string of the molecule is CC(NC(=O)c1nn(-c2cccc(F)c2)c2c1CCCC2)C(=O)O. The fraction of sp³-hybridized carbons (Fsp3) is 0.353. The van der Waals surface area contributed by atoms with Crippen LogP contribution in [-0.2, 0) is 17.6 Å². The molecule has 1 unspecified atom stereocenters. The van der Waals surface area contributed by atoms with Crippen molar-refractivity contribution < 1.29 is 19.1 Å². The van der Waals surface area contributed by atoms with Crippen LogP contribution in [0.5, 0.6) is 0 Å². The maximum Gasteiger partial charge on any atom is 0.325 e. The first-order valence-corrected chi connectivity index (χ1v) is 7.87. The van der Waals surface area contributed by atoms with E-state index in [4.69, 9.17) is 5.11 Å². The van der Waals surface area contributed by atoms with Crippen molar-refractivity contribution in [2.24, 2.45) is 0 Å². The Labute approximate surface area is 138 Å². The van der Waals surface area contributed by atoms with E-state index in [0.717, 1.165) is 30.5 Å². The number of carbonyl (C=O) groups excluding carboxylic acids is 1.